The zero-order valence-electron chi connectivity index (χ0n) is 7.01. The second kappa shape index (κ2) is 3.53. The van der Waals surface area contributed by atoms with Gasteiger partial charge in [-0.2, -0.15) is 0 Å². The standard InChI is InChI=1S/C10H7BrIN/c1-6-8-3-2-7(11)4-10(8)13-5-9(6)12/h2-5H,1H3. The molecule has 0 atom stereocenters. The minimum atomic E-state index is 1.05. The molecule has 0 aliphatic heterocycles. The number of aromatic nitrogens is 1. The van der Waals surface area contributed by atoms with E-state index in [0.29, 0.717) is 0 Å². The van der Waals surface area contributed by atoms with Gasteiger partial charge >= 0.3 is 0 Å². The van der Waals surface area contributed by atoms with Gasteiger partial charge in [-0.1, -0.05) is 22.0 Å². The van der Waals surface area contributed by atoms with Crippen LogP contribution in [0.3, 0.4) is 0 Å². The fourth-order valence-electron chi connectivity index (χ4n) is 1.28. The number of pyridine rings is 1. The number of hydrogen-bond acceptors (Lipinski definition) is 1. The van der Waals surface area contributed by atoms with Crippen LogP contribution in [0.15, 0.2) is 28.9 Å². The molecule has 1 aromatic heterocycles. The van der Waals surface area contributed by atoms with Crippen molar-refractivity contribution in [2.24, 2.45) is 0 Å². The maximum Gasteiger partial charge on any atom is 0.0716 e. The minimum absolute atomic E-state index is 1.05. The summed E-state index contributed by atoms with van der Waals surface area (Å²) in [6.45, 7) is 2.12. The van der Waals surface area contributed by atoms with Crippen molar-refractivity contribution >= 4 is 49.4 Å². The Hall–Kier alpha value is -0.160. The van der Waals surface area contributed by atoms with Gasteiger partial charge in [-0.15, -0.1) is 0 Å². The first-order valence-corrected chi connectivity index (χ1v) is 5.76. The average Bonchev–Trinajstić information content (AvgIpc) is 2.12. The highest BCUT2D eigenvalue weighted by Gasteiger charge is 2.02. The third-order valence-corrected chi connectivity index (χ3v) is 3.62. The highest BCUT2D eigenvalue weighted by atomic mass is 127. The van der Waals surface area contributed by atoms with Gasteiger partial charge in [0.2, 0.25) is 0 Å². The van der Waals surface area contributed by atoms with Crippen LogP contribution in [0.25, 0.3) is 10.9 Å². The molecule has 0 unspecified atom stereocenters. The van der Waals surface area contributed by atoms with E-state index >= 15 is 0 Å². The van der Waals surface area contributed by atoms with Crippen LogP contribution >= 0.6 is 38.5 Å². The smallest absolute Gasteiger partial charge is 0.0716 e. The summed E-state index contributed by atoms with van der Waals surface area (Å²) < 4.78 is 2.29. The maximum atomic E-state index is 4.36. The number of aryl methyl sites for hydroxylation is 1. The lowest BCUT2D eigenvalue weighted by molar-refractivity contribution is 1.33. The first-order valence-electron chi connectivity index (χ1n) is 3.89. The molecule has 1 heterocycles. The predicted octanol–water partition coefficient (Wildman–Crippen LogP) is 3.91. The van der Waals surface area contributed by atoms with E-state index < -0.39 is 0 Å². The summed E-state index contributed by atoms with van der Waals surface area (Å²) in [4.78, 5) is 4.36. The van der Waals surface area contributed by atoms with E-state index in [4.69, 9.17) is 0 Å². The Morgan fingerprint density at radius 1 is 1.38 bits per heavy atom. The number of rotatable bonds is 0. The number of benzene rings is 1. The predicted molar refractivity (Wildman–Crippen MR) is 66.9 cm³/mol. The van der Waals surface area contributed by atoms with E-state index in [2.05, 4.69) is 56.5 Å². The van der Waals surface area contributed by atoms with Gasteiger partial charge in [0.05, 0.1) is 5.52 Å². The summed E-state index contributed by atoms with van der Waals surface area (Å²) in [5.74, 6) is 0. The van der Waals surface area contributed by atoms with Crippen LogP contribution in [0.1, 0.15) is 5.56 Å². The third kappa shape index (κ3) is 1.72. The van der Waals surface area contributed by atoms with Gasteiger partial charge in [-0.05, 0) is 47.2 Å². The molecular weight excluding hydrogens is 341 g/mol. The van der Waals surface area contributed by atoms with Gasteiger partial charge in [-0.3, -0.25) is 4.98 Å². The molecule has 0 saturated carbocycles. The van der Waals surface area contributed by atoms with Crippen molar-refractivity contribution in [2.45, 2.75) is 6.92 Å². The largest absolute Gasteiger partial charge is 0.255 e. The summed E-state index contributed by atoms with van der Waals surface area (Å²) in [6.07, 6.45) is 1.91. The maximum absolute atomic E-state index is 4.36. The Balaban J connectivity index is 2.87. The molecule has 0 saturated heterocycles. The number of fused-ring (bicyclic) bond motifs is 1. The van der Waals surface area contributed by atoms with Crippen LogP contribution in [0.4, 0.5) is 0 Å². The number of hydrogen-bond donors (Lipinski definition) is 0. The summed E-state index contributed by atoms with van der Waals surface area (Å²) >= 11 is 5.74. The van der Waals surface area contributed by atoms with Gasteiger partial charge in [0, 0.05) is 19.6 Å². The molecule has 0 bridgehead atoms. The topological polar surface area (TPSA) is 12.9 Å². The van der Waals surface area contributed by atoms with E-state index in [1.807, 2.05) is 18.3 Å². The lowest BCUT2D eigenvalue weighted by Crippen LogP contribution is -1.86. The van der Waals surface area contributed by atoms with Crippen molar-refractivity contribution < 1.29 is 0 Å². The zero-order valence-corrected chi connectivity index (χ0v) is 10.8. The van der Waals surface area contributed by atoms with Crippen molar-refractivity contribution in [1.29, 1.82) is 0 Å². The lowest BCUT2D eigenvalue weighted by Gasteiger charge is -2.03. The molecule has 13 heavy (non-hydrogen) atoms. The van der Waals surface area contributed by atoms with Crippen molar-refractivity contribution in [1.82, 2.24) is 4.98 Å². The Morgan fingerprint density at radius 3 is 2.92 bits per heavy atom. The van der Waals surface area contributed by atoms with E-state index in [1.54, 1.807) is 0 Å². The van der Waals surface area contributed by atoms with Crippen molar-refractivity contribution in [2.75, 3.05) is 0 Å². The third-order valence-electron chi connectivity index (χ3n) is 2.04. The monoisotopic (exact) mass is 347 g/mol. The fraction of sp³-hybridized carbons (Fsp3) is 0.100. The second-order valence-electron chi connectivity index (χ2n) is 2.89. The fourth-order valence-corrected chi connectivity index (χ4v) is 2.06. The first kappa shape index (κ1) is 9.40. The van der Waals surface area contributed by atoms with Crippen LogP contribution in [-0.4, -0.2) is 4.98 Å². The number of halogens is 2. The molecule has 66 valence electrons. The van der Waals surface area contributed by atoms with Crippen LogP contribution in [0.5, 0.6) is 0 Å². The summed E-state index contributed by atoms with van der Waals surface area (Å²) in [5, 5.41) is 1.23. The molecule has 0 aliphatic carbocycles. The van der Waals surface area contributed by atoms with Crippen molar-refractivity contribution in [3.05, 3.63) is 38.0 Å². The molecule has 1 aromatic carbocycles. The normalized spacial score (nSPS) is 10.7. The van der Waals surface area contributed by atoms with Crippen LogP contribution in [-0.2, 0) is 0 Å². The van der Waals surface area contributed by atoms with Crippen LogP contribution < -0.4 is 0 Å². The van der Waals surface area contributed by atoms with Gasteiger partial charge in [0.1, 0.15) is 0 Å². The Bertz CT molecular complexity index is 468. The molecule has 0 amide bonds. The Kier molecular flexibility index (Phi) is 2.55. The number of nitrogens with zero attached hydrogens (tertiary/aromatic N) is 1. The summed E-state index contributed by atoms with van der Waals surface area (Å²) in [7, 11) is 0. The Morgan fingerprint density at radius 2 is 2.15 bits per heavy atom. The molecule has 2 rings (SSSR count). The Labute approximate surface area is 98.8 Å². The first-order chi connectivity index (χ1) is 6.18. The SMILES string of the molecule is Cc1c(I)cnc2cc(Br)ccc12. The van der Waals surface area contributed by atoms with E-state index in [1.165, 1.54) is 14.5 Å². The molecule has 0 aliphatic rings. The second-order valence-corrected chi connectivity index (χ2v) is 4.97. The molecule has 0 N–H and O–H groups in total. The van der Waals surface area contributed by atoms with Gasteiger partial charge < -0.3 is 0 Å². The summed E-state index contributed by atoms with van der Waals surface area (Å²) in [5.41, 5.74) is 2.35. The zero-order chi connectivity index (χ0) is 9.42. The van der Waals surface area contributed by atoms with E-state index in [-0.39, 0.29) is 0 Å². The van der Waals surface area contributed by atoms with Gasteiger partial charge in [0.15, 0.2) is 0 Å². The van der Waals surface area contributed by atoms with E-state index in [0.717, 1.165) is 9.99 Å². The molecule has 0 spiro atoms. The van der Waals surface area contributed by atoms with Crippen molar-refractivity contribution in [3.63, 3.8) is 0 Å². The van der Waals surface area contributed by atoms with Crippen LogP contribution in [0, 0.1) is 10.5 Å². The van der Waals surface area contributed by atoms with Crippen molar-refractivity contribution in [3.8, 4) is 0 Å². The quantitative estimate of drug-likeness (QED) is 0.658. The highest BCUT2D eigenvalue weighted by Crippen LogP contribution is 2.23. The van der Waals surface area contributed by atoms with Crippen LogP contribution in [0.2, 0.25) is 0 Å². The van der Waals surface area contributed by atoms with E-state index in [9.17, 15) is 0 Å². The highest BCUT2D eigenvalue weighted by molar-refractivity contribution is 14.1. The molecule has 2 aromatic rings. The minimum Gasteiger partial charge on any atom is -0.255 e. The van der Waals surface area contributed by atoms with Gasteiger partial charge in [-0.25, -0.2) is 0 Å². The average molecular weight is 348 g/mol. The summed E-state index contributed by atoms with van der Waals surface area (Å²) in [6, 6.07) is 6.19. The molecular formula is C10H7BrIN. The molecule has 3 heteroatoms. The van der Waals surface area contributed by atoms with Gasteiger partial charge in [0.25, 0.3) is 0 Å². The molecule has 0 fully saturated rings. The molecule has 0 radical (unpaired) electrons. The lowest BCUT2D eigenvalue weighted by atomic mass is 10.1. The molecule has 1 nitrogen and oxygen atoms in total.